The molecule has 0 saturated carbocycles. The Hall–Kier alpha value is -2.05. The van der Waals surface area contributed by atoms with E-state index in [1.54, 1.807) is 4.68 Å². The molecule has 1 fully saturated rings. The lowest BCUT2D eigenvalue weighted by Gasteiger charge is -2.21. The standard InChI is InChI=1S/C20H28N4O2.ClH/c1-13(2)26-17-7-5-6-15(8-17)14(3)23-20(25)19-11-21-10-18(19)16-9-22-24(4)12-16;/h5-9,12-14,18-19,21H,10-11H2,1-4H3,(H,23,25);1H/t14?,18-,19+;/m1./s1. The van der Waals surface area contributed by atoms with Crippen LogP contribution in [0.2, 0.25) is 0 Å². The van der Waals surface area contributed by atoms with Gasteiger partial charge >= 0.3 is 0 Å². The second kappa shape index (κ2) is 9.24. The van der Waals surface area contributed by atoms with Crippen LogP contribution >= 0.6 is 12.4 Å². The number of benzene rings is 1. The molecule has 148 valence electrons. The predicted octanol–water partition coefficient (Wildman–Crippen LogP) is 2.81. The number of aromatic nitrogens is 2. The highest BCUT2D eigenvalue weighted by Gasteiger charge is 2.35. The number of amides is 1. The van der Waals surface area contributed by atoms with E-state index in [1.807, 2.05) is 64.5 Å². The van der Waals surface area contributed by atoms with E-state index in [2.05, 4.69) is 15.7 Å². The Kier molecular flexibility index (Phi) is 7.27. The van der Waals surface area contributed by atoms with E-state index in [0.29, 0.717) is 6.54 Å². The fourth-order valence-electron chi connectivity index (χ4n) is 3.47. The van der Waals surface area contributed by atoms with Crippen LogP contribution in [0.15, 0.2) is 36.7 Å². The van der Waals surface area contributed by atoms with Gasteiger partial charge in [0.15, 0.2) is 0 Å². The third-order valence-electron chi connectivity index (χ3n) is 4.79. The zero-order valence-electron chi connectivity index (χ0n) is 16.3. The van der Waals surface area contributed by atoms with Crippen molar-refractivity contribution in [3.8, 4) is 5.75 Å². The zero-order chi connectivity index (χ0) is 18.7. The summed E-state index contributed by atoms with van der Waals surface area (Å²) in [5.74, 6) is 0.976. The van der Waals surface area contributed by atoms with Crippen LogP contribution in [0.1, 0.15) is 43.9 Å². The number of aryl methyl sites for hydroxylation is 1. The van der Waals surface area contributed by atoms with Crippen LogP contribution in [0.4, 0.5) is 0 Å². The molecule has 0 aliphatic carbocycles. The van der Waals surface area contributed by atoms with Gasteiger partial charge in [0.1, 0.15) is 5.75 Å². The SMILES string of the molecule is CC(C)Oc1cccc(C(C)NC(=O)[C@H]2CNC[C@@H]2c2cnn(C)c2)c1.Cl. The van der Waals surface area contributed by atoms with Gasteiger partial charge in [0.05, 0.1) is 24.3 Å². The highest BCUT2D eigenvalue weighted by molar-refractivity contribution is 5.85. The quantitative estimate of drug-likeness (QED) is 0.793. The topological polar surface area (TPSA) is 68.2 Å². The molecule has 0 radical (unpaired) electrons. The van der Waals surface area contributed by atoms with E-state index < -0.39 is 0 Å². The molecule has 1 amide bonds. The Morgan fingerprint density at radius 3 is 2.78 bits per heavy atom. The molecular formula is C20H29ClN4O2. The Morgan fingerprint density at radius 1 is 1.33 bits per heavy atom. The first kappa shape index (κ1) is 21.3. The van der Waals surface area contributed by atoms with Crippen molar-refractivity contribution in [1.82, 2.24) is 20.4 Å². The van der Waals surface area contributed by atoms with Crippen LogP contribution in [-0.2, 0) is 11.8 Å². The van der Waals surface area contributed by atoms with Crippen LogP contribution < -0.4 is 15.4 Å². The van der Waals surface area contributed by atoms with Crippen molar-refractivity contribution >= 4 is 18.3 Å². The van der Waals surface area contributed by atoms with E-state index in [1.165, 1.54) is 0 Å². The Labute approximate surface area is 167 Å². The van der Waals surface area contributed by atoms with E-state index in [9.17, 15) is 4.79 Å². The van der Waals surface area contributed by atoms with Gasteiger partial charge in [0, 0.05) is 32.3 Å². The average Bonchev–Trinajstić information content (AvgIpc) is 3.23. The van der Waals surface area contributed by atoms with Crippen molar-refractivity contribution in [1.29, 1.82) is 0 Å². The summed E-state index contributed by atoms with van der Waals surface area (Å²) in [5, 5.41) is 10.7. The molecule has 3 rings (SSSR count). The van der Waals surface area contributed by atoms with Gasteiger partial charge in [-0.3, -0.25) is 9.48 Å². The van der Waals surface area contributed by atoms with Crippen molar-refractivity contribution in [3.63, 3.8) is 0 Å². The Morgan fingerprint density at radius 2 is 2.11 bits per heavy atom. The lowest BCUT2D eigenvalue weighted by atomic mass is 9.90. The molecule has 0 bridgehead atoms. The zero-order valence-corrected chi connectivity index (χ0v) is 17.1. The maximum absolute atomic E-state index is 12.9. The second-order valence-corrected chi connectivity index (χ2v) is 7.29. The van der Waals surface area contributed by atoms with E-state index in [-0.39, 0.29) is 42.3 Å². The number of carbonyl (C=O) groups excluding carboxylic acids is 1. The molecule has 1 aromatic carbocycles. The van der Waals surface area contributed by atoms with Crippen LogP contribution in [0.5, 0.6) is 5.75 Å². The van der Waals surface area contributed by atoms with Gasteiger partial charge in [-0.15, -0.1) is 12.4 Å². The molecule has 1 aliphatic heterocycles. The number of ether oxygens (including phenoxy) is 1. The van der Waals surface area contributed by atoms with Gasteiger partial charge in [-0.2, -0.15) is 5.10 Å². The van der Waals surface area contributed by atoms with Crippen molar-refractivity contribution in [3.05, 3.63) is 47.8 Å². The molecular weight excluding hydrogens is 364 g/mol. The first-order valence-electron chi connectivity index (χ1n) is 9.20. The number of halogens is 1. The molecule has 2 heterocycles. The minimum Gasteiger partial charge on any atom is -0.491 e. The van der Waals surface area contributed by atoms with Crippen molar-refractivity contribution in [2.75, 3.05) is 13.1 Å². The summed E-state index contributed by atoms with van der Waals surface area (Å²) in [5.41, 5.74) is 2.15. The number of nitrogens with one attached hydrogen (secondary N) is 2. The summed E-state index contributed by atoms with van der Waals surface area (Å²) >= 11 is 0. The van der Waals surface area contributed by atoms with Crippen molar-refractivity contribution < 1.29 is 9.53 Å². The smallest absolute Gasteiger partial charge is 0.225 e. The van der Waals surface area contributed by atoms with Gasteiger partial charge in [0.25, 0.3) is 0 Å². The minimum atomic E-state index is -0.0863. The fraction of sp³-hybridized carbons (Fsp3) is 0.500. The Balaban J connectivity index is 0.00000261. The first-order valence-corrected chi connectivity index (χ1v) is 9.20. The second-order valence-electron chi connectivity index (χ2n) is 7.29. The number of rotatable bonds is 6. The molecule has 7 heteroatoms. The highest BCUT2D eigenvalue weighted by atomic mass is 35.5. The van der Waals surface area contributed by atoms with Crippen LogP contribution in [-0.4, -0.2) is 34.9 Å². The van der Waals surface area contributed by atoms with Crippen LogP contribution in [0.25, 0.3) is 0 Å². The van der Waals surface area contributed by atoms with Crippen LogP contribution in [0.3, 0.4) is 0 Å². The normalized spacial score (nSPS) is 20.2. The minimum absolute atomic E-state index is 0. The average molecular weight is 393 g/mol. The first-order chi connectivity index (χ1) is 12.4. The lowest BCUT2D eigenvalue weighted by Crippen LogP contribution is -2.36. The molecule has 2 N–H and O–H groups in total. The molecule has 0 spiro atoms. The van der Waals surface area contributed by atoms with Gasteiger partial charge in [0.2, 0.25) is 5.91 Å². The molecule has 6 nitrogen and oxygen atoms in total. The molecule has 1 saturated heterocycles. The molecule has 2 aromatic rings. The van der Waals surface area contributed by atoms with Crippen LogP contribution in [0, 0.1) is 5.92 Å². The Bertz CT molecular complexity index is 762. The summed E-state index contributed by atoms with van der Waals surface area (Å²) in [6.45, 7) is 7.51. The number of hydrogen-bond donors (Lipinski definition) is 2. The van der Waals surface area contributed by atoms with Gasteiger partial charge < -0.3 is 15.4 Å². The fourth-order valence-corrected chi connectivity index (χ4v) is 3.47. The summed E-state index contributed by atoms with van der Waals surface area (Å²) in [6, 6.07) is 7.84. The molecule has 27 heavy (non-hydrogen) atoms. The van der Waals surface area contributed by atoms with Gasteiger partial charge in [-0.1, -0.05) is 12.1 Å². The van der Waals surface area contributed by atoms with Gasteiger partial charge in [-0.05, 0) is 44.0 Å². The van der Waals surface area contributed by atoms with E-state index >= 15 is 0 Å². The number of hydrogen-bond acceptors (Lipinski definition) is 4. The largest absolute Gasteiger partial charge is 0.491 e. The van der Waals surface area contributed by atoms with E-state index in [0.717, 1.165) is 23.4 Å². The summed E-state index contributed by atoms with van der Waals surface area (Å²) < 4.78 is 7.54. The molecule has 3 atom stereocenters. The van der Waals surface area contributed by atoms with Crippen molar-refractivity contribution in [2.45, 2.75) is 38.8 Å². The monoisotopic (exact) mass is 392 g/mol. The highest BCUT2D eigenvalue weighted by Crippen LogP contribution is 2.29. The number of nitrogens with zero attached hydrogens (tertiary/aromatic N) is 2. The third-order valence-corrected chi connectivity index (χ3v) is 4.79. The molecule has 1 unspecified atom stereocenters. The van der Waals surface area contributed by atoms with E-state index in [4.69, 9.17) is 4.74 Å². The number of carbonyl (C=O) groups is 1. The summed E-state index contributed by atoms with van der Waals surface area (Å²) in [6.07, 6.45) is 3.97. The van der Waals surface area contributed by atoms with Crippen molar-refractivity contribution in [2.24, 2.45) is 13.0 Å². The maximum atomic E-state index is 12.9. The third kappa shape index (κ3) is 5.23. The summed E-state index contributed by atoms with van der Waals surface area (Å²) in [7, 11) is 1.90. The van der Waals surface area contributed by atoms with Gasteiger partial charge in [-0.25, -0.2) is 0 Å². The molecule has 1 aromatic heterocycles. The molecule has 1 aliphatic rings. The summed E-state index contributed by atoms with van der Waals surface area (Å²) in [4.78, 5) is 12.9. The lowest BCUT2D eigenvalue weighted by molar-refractivity contribution is -0.125. The maximum Gasteiger partial charge on any atom is 0.225 e. The predicted molar refractivity (Wildman–Crippen MR) is 108 cm³/mol.